The van der Waals surface area contributed by atoms with Crippen LogP contribution in [0.2, 0.25) is 0 Å². The molecule has 0 saturated carbocycles. The molecule has 0 aliphatic heterocycles. The Labute approximate surface area is 242 Å². The molecule has 230 valence electrons. The predicted molar refractivity (Wildman–Crippen MR) is 157 cm³/mol. The van der Waals surface area contributed by atoms with Gasteiger partial charge in [0.1, 0.15) is 6.61 Å². The second-order valence-electron chi connectivity index (χ2n) is 10.1. The number of rotatable bonds is 28. The number of unbranched alkanes of at least 4 members (excludes halogenated alkanes) is 12. The van der Waals surface area contributed by atoms with E-state index in [0.29, 0.717) is 33.0 Å². The average Bonchev–Trinajstić information content (AvgIpc) is 2.96. The third kappa shape index (κ3) is 19.1. The van der Waals surface area contributed by atoms with E-state index in [1.54, 1.807) is 12.1 Å². The minimum atomic E-state index is -1.17. The molecule has 0 saturated heterocycles. The Hall–Kier alpha value is -2.00. The normalized spacial score (nSPS) is 11.3. The van der Waals surface area contributed by atoms with Gasteiger partial charge in [0.15, 0.2) is 6.29 Å². The van der Waals surface area contributed by atoms with E-state index in [4.69, 9.17) is 23.7 Å². The van der Waals surface area contributed by atoms with Crippen LogP contribution < -0.4 is 0 Å². The Morgan fingerprint density at radius 2 is 1.10 bits per heavy atom. The zero-order valence-corrected chi connectivity index (χ0v) is 25.0. The van der Waals surface area contributed by atoms with Crippen molar-refractivity contribution in [2.75, 3.05) is 46.2 Å². The van der Waals surface area contributed by atoms with Crippen molar-refractivity contribution in [1.82, 2.24) is 0 Å². The topological polar surface area (TPSA) is 101 Å². The van der Waals surface area contributed by atoms with E-state index in [1.165, 1.54) is 89.2 Å². The maximum atomic E-state index is 12.2. The van der Waals surface area contributed by atoms with Gasteiger partial charge < -0.3 is 28.8 Å². The van der Waals surface area contributed by atoms with E-state index in [9.17, 15) is 14.7 Å². The van der Waals surface area contributed by atoms with Crippen LogP contribution in [0.5, 0.6) is 0 Å². The van der Waals surface area contributed by atoms with E-state index in [1.807, 2.05) is 0 Å². The van der Waals surface area contributed by atoms with Crippen molar-refractivity contribution in [1.29, 1.82) is 0 Å². The maximum Gasteiger partial charge on any atom is 0.339 e. The Kier molecular flexibility index (Phi) is 23.4. The summed E-state index contributed by atoms with van der Waals surface area (Å²) in [5, 5.41) is 9.20. The summed E-state index contributed by atoms with van der Waals surface area (Å²) in [4.78, 5) is 23.4. The summed E-state index contributed by atoms with van der Waals surface area (Å²) in [7, 11) is 0. The van der Waals surface area contributed by atoms with Gasteiger partial charge in [0.2, 0.25) is 0 Å². The fraction of sp³-hybridized carbons (Fsp3) is 0.750. The Balaban J connectivity index is 2.21. The molecule has 0 amide bonds. The molecule has 1 rings (SSSR count). The predicted octanol–water partition coefficient (Wildman–Crippen LogP) is 7.44. The third-order valence-electron chi connectivity index (χ3n) is 6.57. The fourth-order valence-electron chi connectivity index (χ4n) is 4.21. The molecule has 1 N–H and O–H groups in total. The Morgan fingerprint density at radius 3 is 1.65 bits per heavy atom. The molecular weight excluding hydrogens is 512 g/mol. The van der Waals surface area contributed by atoms with Gasteiger partial charge in [0, 0.05) is 13.2 Å². The van der Waals surface area contributed by atoms with Crippen LogP contribution in [0.15, 0.2) is 24.3 Å². The molecule has 0 spiro atoms. The molecular formula is C32H54O8. The smallest absolute Gasteiger partial charge is 0.339 e. The molecule has 0 heterocycles. The molecule has 0 radical (unpaired) electrons. The van der Waals surface area contributed by atoms with E-state index in [-0.39, 0.29) is 30.6 Å². The van der Waals surface area contributed by atoms with E-state index >= 15 is 0 Å². The number of esters is 1. The lowest BCUT2D eigenvalue weighted by atomic mass is 10.1. The number of aromatic carboxylic acids is 1. The Morgan fingerprint density at radius 1 is 0.625 bits per heavy atom. The summed E-state index contributed by atoms with van der Waals surface area (Å²) in [6.45, 7) is 7.08. The van der Waals surface area contributed by atoms with Crippen LogP contribution in [0.3, 0.4) is 0 Å². The first kappa shape index (κ1) is 36.0. The summed E-state index contributed by atoms with van der Waals surface area (Å²) in [5.74, 6) is -1.85. The first-order valence-electron chi connectivity index (χ1n) is 15.5. The number of carboxylic acids is 1. The minimum Gasteiger partial charge on any atom is -0.478 e. The number of hydrogen-bond acceptors (Lipinski definition) is 7. The van der Waals surface area contributed by atoms with Gasteiger partial charge in [-0.05, 0) is 25.0 Å². The van der Waals surface area contributed by atoms with Gasteiger partial charge in [-0.15, -0.1) is 0 Å². The molecule has 0 unspecified atom stereocenters. The van der Waals surface area contributed by atoms with Gasteiger partial charge in [-0.25, -0.2) is 9.59 Å². The van der Waals surface area contributed by atoms with Gasteiger partial charge in [0.25, 0.3) is 0 Å². The molecule has 0 aliphatic rings. The van der Waals surface area contributed by atoms with Gasteiger partial charge in [-0.2, -0.15) is 0 Å². The number of benzene rings is 1. The molecule has 1 aromatic rings. The number of ether oxygens (including phenoxy) is 5. The summed E-state index contributed by atoms with van der Waals surface area (Å²) in [5.41, 5.74) is -0.0582. The molecule has 8 nitrogen and oxygen atoms in total. The van der Waals surface area contributed by atoms with Crippen molar-refractivity contribution < 1.29 is 38.4 Å². The van der Waals surface area contributed by atoms with Crippen molar-refractivity contribution in [3.63, 3.8) is 0 Å². The van der Waals surface area contributed by atoms with Crippen LogP contribution in [-0.2, 0) is 23.7 Å². The molecule has 40 heavy (non-hydrogen) atoms. The van der Waals surface area contributed by atoms with Crippen LogP contribution >= 0.6 is 0 Å². The SMILES string of the molecule is CCCCCCCCCOC(COCCOCCOC(=O)c1ccccc1C(=O)O)OCCCCCCCCC. The quantitative estimate of drug-likeness (QED) is 0.0635. The molecule has 0 aromatic heterocycles. The summed E-state index contributed by atoms with van der Waals surface area (Å²) in [6, 6.07) is 5.97. The maximum absolute atomic E-state index is 12.2. The minimum absolute atomic E-state index is 0.0253. The molecule has 0 aliphatic carbocycles. The first-order valence-corrected chi connectivity index (χ1v) is 15.5. The second-order valence-corrected chi connectivity index (χ2v) is 10.1. The van der Waals surface area contributed by atoms with Crippen LogP contribution in [0, 0.1) is 0 Å². The highest BCUT2D eigenvalue weighted by Gasteiger charge is 2.16. The van der Waals surface area contributed by atoms with Crippen LogP contribution in [0.4, 0.5) is 0 Å². The van der Waals surface area contributed by atoms with E-state index < -0.39 is 11.9 Å². The van der Waals surface area contributed by atoms with E-state index in [0.717, 1.165) is 12.8 Å². The lowest BCUT2D eigenvalue weighted by Gasteiger charge is -2.19. The fourth-order valence-corrected chi connectivity index (χ4v) is 4.21. The standard InChI is InChI=1S/C32H54O8/c1-3-5-7-9-11-13-17-21-38-30(39-22-18-14-12-10-8-6-4-2)27-37-24-23-36-25-26-40-32(35)29-20-16-15-19-28(29)31(33)34/h15-16,19-20,30H,3-14,17-18,21-27H2,1-2H3,(H,33,34). The lowest BCUT2D eigenvalue weighted by Crippen LogP contribution is -2.25. The number of hydrogen-bond donors (Lipinski definition) is 1. The zero-order chi connectivity index (χ0) is 29.1. The van der Waals surface area contributed by atoms with Crippen molar-refractivity contribution in [2.24, 2.45) is 0 Å². The van der Waals surface area contributed by atoms with Crippen LogP contribution in [-0.4, -0.2) is 69.6 Å². The summed E-state index contributed by atoms with van der Waals surface area (Å²) in [6.07, 6.45) is 16.9. The number of carbonyl (C=O) groups is 2. The van der Waals surface area contributed by atoms with Gasteiger partial charge >= 0.3 is 11.9 Å². The number of carbonyl (C=O) groups excluding carboxylic acids is 1. The van der Waals surface area contributed by atoms with Crippen molar-refractivity contribution in [3.8, 4) is 0 Å². The highest BCUT2D eigenvalue weighted by molar-refractivity contribution is 6.02. The average molecular weight is 567 g/mol. The van der Waals surface area contributed by atoms with Crippen LogP contribution in [0.1, 0.15) is 124 Å². The zero-order valence-electron chi connectivity index (χ0n) is 25.0. The highest BCUT2D eigenvalue weighted by atomic mass is 16.7. The second kappa shape index (κ2) is 25.9. The van der Waals surface area contributed by atoms with Gasteiger partial charge in [-0.1, -0.05) is 103 Å². The molecule has 1 aromatic carbocycles. The lowest BCUT2D eigenvalue weighted by molar-refractivity contribution is -0.175. The summed E-state index contributed by atoms with van der Waals surface area (Å²) >= 11 is 0. The van der Waals surface area contributed by atoms with Crippen LogP contribution in [0.25, 0.3) is 0 Å². The van der Waals surface area contributed by atoms with Crippen molar-refractivity contribution >= 4 is 11.9 Å². The molecule has 0 fully saturated rings. The number of carboxylic acid groups (broad SMARTS) is 1. The third-order valence-corrected chi connectivity index (χ3v) is 6.57. The molecule has 0 atom stereocenters. The molecule has 8 heteroatoms. The highest BCUT2D eigenvalue weighted by Crippen LogP contribution is 2.11. The largest absolute Gasteiger partial charge is 0.478 e. The Bertz CT molecular complexity index is 734. The van der Waals surface area contributed by atoms with Crippen molar-refractivity contribution in [2.45, 2.75) is 110 Å². The van der Waals surface area contributed by atoms with Gasteiger partial charge in [0.05, 0.1) is 37.6 Å². The van der Waals surface area contributed by atoms with Gasteiger partial charge in [-0.3, -0.25) is 0 Å². The first-order chi connectivity index (χ1) is 19.6. The monoisotopic (exact) mass is 566 g/mol. The molecule has 0 bridgehead atoms. The van der Waals surface area contributed by atoms with Crippen molar-refractivity contribution in [3.05, 3.63) is 35.4 Å². The summed E-state index contributed by atoms with van der Waals surface area (Å²) < 4.78 is 28.3. The van der Waals surface area contributed by atoms with E-state index in [2.05, 4.69) is 13.8 Å².